The Balaban J connectivity index is 1.60. The van der Waals surface area contributed by atoms with Crippen molar-refractivity contribution in [2.24, 2.45) is 0 Å². The summed E-state index contributed by atoms with van der Waals surface area (Å²) in [5.74, 6) is 0.857. The summed E-state index contributed by atoms with van der Waals surface area (Å²) in [5, 5.41) is 0. The maximum absolute atomic E-state index is 6.05. The predicted octanol–water partition coefficient (Wildman–Crippen LogP) is 2.54. The SMILES string of the molecule is CC1(C)OB(c2ccc(OC[C@@H]3CCCO3)cc2)OC1(C)C. The van der Waals surface area contributed by atoms with Crippen molar-refractivity contribution in [3.8, 4) is 5.75 Å². The van der Waals surface area contributed by atoms with Crippen molar-refractivity contribution in [1.82, 2.24) is 0 Å². The van der Waals surface area contributed by atoms with Crippen molar-refractivity contribution in [2.75, 3.05) is 13.2 Å². The summed E-state index contributed by atoms with van der Waals surface area (Å²) in [6.07, 6.45) is 2.46. The summed E-state index contributed by atoms with van der Waals surface area (Å²) in [7, 11) is -0.322. The third kappa shape index (κ3) is 3.17. The van der Waals surface area contributed by atoms with Crippen molar-refractivity contribution < 1.29 is 18.8 Å². The number of ether oxygens (including phenoxy) is 2. The zero-order chi connectivity index (χ0) is 15.8. The van der Waals surface area contributed by atoms with Crippen LogP contribution < -0.4 is 10.2 Å². The van der Waals surface area contributed by atoms with E-state index >= 15 is 0 Å². The van der Waals surface area contributed by atoms with Gasteiger partial charge < -0.3 is 18.8 Å². The highest BCUT2D eigenvalue weighted by Crippen LogP contribution is 2.36. The van der Waals surface area contributed by atoms with Gasteiger partial charge in [-0.15, -0.1) is 0 Å². The summed E-state index contributed by atoms with van der Waals surface area (Å²) in [6.45, 7) is 9.72. The number of hydrogen-bond donors (Lipinski definition) is 0. The smallest absolute Gasteiger partial charge is 0.491 e. The van der Waals surface area contributed by atoms with Crippen LogP contribution in [0.4, 0.5) is 0 Å². The molecule has 5 heteroatoms. The molecule has 0 unspecified atom stereocenters. The fraction of sp³-hybridized carbons (Fsp3) is 0.647. The first-order chi connectivity index (χ1) is 10.4. The van der Waals surface area contributed by atoms with E-state index in [9.17, 15) is 0 Å². The molecule has 2 saturated heterocycles. The molecule has 2 aliphatic heterocycles. The summed E-state index contributed by atoms with van der Waals surface area (Å²) in [6, 6.07) is 7.95. The molecule has 22 heavy (non-hydrogen) atoms. The second kappa shape index (κ2) is 5.87. The highest BCUT2D eigenvalue weighted by Gasteiger charge is 2.51. The van der Waals surface area contributed by atoms with Gasteiger partial charge in [0.05, 0.1) is 17.3 Å². The van der Waals surface area contributed by atoms with Gasteiger partial charge >= 0.3 is 7.12 Å². The lowest BCUT2D eigenvalue weighted by Gasteiger charge is -2.32. The third-order valence-electron chi connectivity index (χ3n) is 4.87. The first kappa shape index (κ1) is 15.8. The zero-order valence-corrected chi connectivity index (χ0v) is 13.9. The minimum atomic E-state index is -0.322. The Hall–Kier alpha value is -1.04. The van der Waals surface area contributed by atoms with Crippen LogP contribution in [0.25, 0.3) is 0 Å². The number of benzene rings is 1. The van der Waals surface area contributed by atoms with Gasteiger partial charge in [0.15, 0.2) is 0 Å². The fourth-order valence-electron chi connectivity index (χ4n) is 2.67. The minimum Gasteiger partial charge on any atom is -0.491 e. The van der Waals surface area contributed by atoms with Gasteiger partial charge in [-0.05, 0) is 58.1 Å². The van der Waals surface area contributed by atoms with Crippen LogP contribution >= 0.6 is 0 Å². The first-order valence-electron chi connectivity index (χ1n) is 8.07. The second-order valence-electron chi connectivity index (χ2n) is 7.10. The van der Waals surface area contributed by atoms with Crippen LogP contribution in [0.5, 0.6) is 5.75 Å². The lowest BCUT2D eigenvalue weighted by Crippen LogP contribution is -2.41. The van der Waals surface area contributed by atoms with Crippen LogP contribution in [-0.4, -0.2) is 37.6 Å². The van der Waals surface area contributed by atoms with Crippen molar-refractivity contribution in [3.63, 3.8) is 0 Å². The van der Waals surface area contributed by atoms with Gasteiger partial charge in [0, 0.05) is 6.61 Å². The van der Waals surface area contributed by atoms with Crippen molar-refractivity contribution in [3.05, 3.63) is 24.3 Å². The molecule has 4 nitrogen and oxygen atoms in total. The highest BCUT2D eigenvalue weighted by molar-refractivity contribution is 6.62. The maximum Gasteiger partial charge on any atom is 0.494 e. The average molecular weight is 304 g/mol. The summed E-state index contributed by atoms with van der Waals surface area (Å²) >= 11 is 0. The highest BCUT2D eigenvalue weighted by atomic mass is 16.7. The van der Waals surface area contributed by atoms with E-state index in [1.165, 1.54) is 0 Å². The zero-order valence-electron chi connectivity index (χ0n) is 13.9. The molecule has 3 rings (SSSR count). The lowest BCUT2D eigenvalue weighted by atomic mass is 9.79. The molecule has 2 fully saturated rings. The Morgan fingerprint density at radius 2 is 1.73 bits per heavy atom. The van der Waals surface area contributed by atoms with Gasteiger partial charge in [0.2, 0.25) is 0 Å². The predicted molar refractivity (Wildman–Crippen MR) is 86.6 cm³/mol. The molecule has 2 heterocycles. The van der Waals surface area contributed by atoms with E-state index < -0.39 is 0 Å². The van der Waals surface area contributed by atoms with Gasteiger partial charge in [-0.2, -0.15) is 0 Å². The van der Waals surface area contributed by atoms with Crippen LogP contribution in [0.3, 0.4) is 0 Å². The van der Waals surface area contributed by atoms with Gasteiger partial charge in [-0.1, -0.05) is 12.1 Å². The molecule has 0 spiro atoms. The van der Waals surface area contributed by atoms with E-state index in [2.05, 4.69) is 27.7 Å². The molecule has 0 amide bonds. The van der Waals surface area contributed by atoms with Crippen molar-refractivity contribution in [2.45, 2.75) is 57.8 Å². The Morgan fingerprint density at radius 1 is 1.09 bits per heavy atom. The molecule has 0 N–H and O–H groups in total. The molecule has 120 valence electrons. The van der Waals surface area contributed by atoms with E-state index in [0.717, 1.165) is 30.7 Å². The normalized spacial score (nSPS) is 26.4. The lowest BCUT2D eigenvalue weighted by molar-refractivity contribution is 0.00578. The van der Waals surface area contributed by atoms with Crippen molar-refractivity contribution >= 4 is 12.6 Å². The van der Waals surface area contributed by atoms with E-state index in [4.69, 9.17) is 18.8 Å². The van der Waals surface area contributed by atoms with Gasteiger partial charge in [0.1, 0.15) is 12.4 Å². The molecule has 0 radical (unpaired) electrons. The summed E-state index contributed by atoms with van der Waals surface area (Å²) in [5.41, 5.74) is 0.391. The number of hydrogen-bond acceptors (Lipinski definition) is 4. The molecule has 1 aromatic carbocycles. The van der Waals surface area contributed by atoms with Crippen LogP contribution in [0.2, 0.25) is 0 Å². The van der Waals surface area contributed by atoms with Crippen LogP contribution in [0.15, 0.2) is 24.3 Å². The van der Waals surface area contributed by atoms with Gasteiger partial charge in [-0.3, -0.25) is 0 Å². The first-order valence-corrected chi connectivity index (χ1v) is 8.07. The molecule has 2 aliphatic rings. The van der Waals surface area contributed by atoms with Gasteiger partial charge in [-0.25, -0.2) is 0 Å². The second-order valence-corrected chi connectivity index (χ2v) is 7.10. The Bertz CT molecular complexity index is 490. The van der Waals surface area contributed by atoms with E-state index in [1.807, 2.05) is 24.3 Å². The quantitative estimate of drug-likeness (QED) is 0.801. The van der Waals surface area contributed by atoms with Crippen LogP contribution in [0.1, 0.15) is 40.5 Å². The Kier molecular flexibility index (Phi) is 4.23. The molecule has 1 aromatic rings. The molecule has 0 aromatic heterocycles. The number of rotatable bonds is 4. The van der Waals surface area contributed by atoms with E-state index in [0.29, 0.717) is 6.61 Å². The largest absolute Gasteiger partial charge is 0.494 e. The van der Waals surface area contributed by atoms with Crippen molar-refractivity contribution in [1.29, 1.82) is 0 Å². The molecule has 0 aliphatic carbocycles. The molecular formula is C17H25BO4. The Labute approximate surface area is 133 Å². The fourth-order valence-corrected chi connectivity index (χ4v) is 2.67. The standard InChI is InChI=1S/C17H25BO4/c1-16(2)17(3,4)22-18(21-16)13-7-9-14(10-8-13)20-12-15-6-5-11-19-15/h7-10,15H,5-6,11-12H2,1-4H3/t15-/m0/s1. The molecule has 0 saturated carbocycles. The van der Waals surface area contributed by atoms with Gasteiger partial charge in [0.25, 0.3) is 0 Å². The third-order valence-corrected chi connectivity index (χ3v) is 4.87. The minimum absolute atomic E-state index is 0.239. The van der Waals surface area contributed by atoms with E-state index in [-0.39, 0.29) is 24.4 Å². The molecule has 1 atom stereocenters. The molecular weight excluding hydrogens is 279 g/mol. The maximum atomic E-state index is 6.05. The van der Waals surface area contributed by atoms with E-state index in [1.54, 1.807) is 0 Å². The summed E-state index contributed by atoms with van der Waals surface area (Å²) < 4.78 is 23.4. The molecule has 0 bridgehead atoms. The van der Waals surface area contributed by atoms with Crippen LogP contribution in [-0.2, 0) is 14.0 Å². The summed E-state index contributed by atoms with van der Waals surface area (Å²) in [4.78, 5) is 0. The average Bonchev–Trinajstić information content (AvgIpc) is 3.04. The van der Waals surface area contributed by atoms with Crippen LogP contribution in [0, 0.1) is 0 Å². The monoisotopic (exact) mass is 304 g/mol. The topological polar surface area (TPSA) is 36.9 Å². The Morgan fingerprint density at radius 3 is 2.27 bits per heavy atom.